The lowest BCUT2D eigenvalue weighted by molar-refractivity contribution is -0.159. The van der Waals surface area contributed by atoms with Gasteiger partial charge in [0, 0.05) is 31.6 Å². The average molecular weight is 355 g/mol. The molecule has 0 radical (unpaired) electrons. The van der Waals surface area contributed by atoms with Gasteiger partial charge in [-0.1, -0.05) is 5.16 Å². The Morgan fingerprint density at radius 2 is 2.20 bits per heavy atom. The van der Waals surface area contributed by atoms with Crippen molar-refractivity contribution in [2.45, 2.75) is 6.18 Å². The molecule has 3 aromatic rings. The fraction of sp³-hybridized carbons (Fsp3) is 0.286. The van der Waals surface area contributed by atoms with Gasteiger partial charge in [-0.25, -0.2) is 4.98 Å². The van der Waals surface area contributed by atoms with Crippen molar-refractivity contribution in [3.05, 3.63) is 36.1 Å². The molecule has 0 aromatic carbocycles. The Bertz CT molecular complexity index is 903. The first-order chi connectivity index (χ1) is 11.9. The molecule has 3 aromatic heterocycles. The van der Waals surface area contributed by atoms with Gasteiger partial charge in [-0.15, -0.1) is 0 Å². The van der Waals surface area contributed by atoms with Gasteiger partial charge < -0.3 is 19.0 Å². The van der Waals surface area contributed by atoms with Crippen molar-refractivity contribution in [1.29, 1.82) is 0 Å². The molecule has 0 unspecified atom stereocenters. The van der Waals surface area contributed by atoms with E-state index in [1.165, 1.54) is 31.6 Å². The predicted molar refractivity (Wildman–Crippen MR) is 77.7 cm³/mol. The number of hydrogen-bond donors (Lipinski definition) is 1. The number of nitrogens with one attached hydrogen (secondary N) is 1. The Morgan fingerprint density at radius 3 is 2.88 bits per heavy atom. The number of pyridine rings is 1. The van der Waals surface area contributed by atoms with E-state index in [4.69, 9.17) is 4.74 Å². The number of imidazole rings is 1. The second-order valence-electron chi connectivity index (χ2n) is 4.98. The number of ether oxygens (including phenoxy) is 1. The number of amides is 1. The van der Waals surface area contributed by atoms with E-state index in [1.54, 1.807) is 4.40 Å². The zero-order chi connectivity index (χ0) is 18.0. The third-order valence-corrected chi connectivity index (χ3v) is 3.21. The highest BCUT2D eigenvalue weighted by Crippen LogP contribution is 2.29. The molecule has 0 saturated heterocycles. The van der Waals surface area contributed by atoms with E-state index >= 15 is 0 Å². The number of hydrogen-bond acceptors (Lipinski definition) is 6. The summed E-state index contributed by atoms with van der Waals surface area (Å²) in [6.45, 7) is 0.695. The smallest absolute Gasteiger partial charge is 0.383 e. The fourth-order valence-corrected chi connectivity index (χ4v) is 2.04. The molecule has 11 heteroatoms. The monoisotopic (exact) mass is 355 g/mol. The van der Waals surface area contributed by atoms with Crippen LogP contribution in [0.1, 0.15) is 16.4 Å². The maximum absolute atomic E-state index is 12.5. The summed E-state index contributed by atoms with van der Waals surface area (Å²) in [4.78, 5) is 19.4. The molecule has 3 rings (SSSR count). The van der Waals surface area contributed by atoms with Crippen molar-refractivity contribution < 1.29 is 27.2 Å². The number of rotatable bonds is 5. The van der Waals surface area contributed by atoms with E-state index in [9.17, 15) is 18.0 Å². The van der Waals surface area contributed by atoms with Crippen LogP contribution in [-0.2, 0) is 10.9 Å². The van der Waals surface area contributed by atoms with Gasteiger partial charge in [0.2, 0.25) is 5.82 Å². The Morgan fingerprint density at radius 1 is 1.40 bits per heavy atom. The van der Waals surface area contributed by atoms with Crippen LogP contribution >= 0.6 is 0 Å². The number of methoxy groups -OCH3 is 1. The Balaban J connectivity index is 1.85. The van der Waals surface area contributed by atoms with Crippen LogP contribution in [-0.4, -0.2) is 45.7 Å². The van der Waals surface area contributed by atoms with Crippen LogP contribution in [0.2, 0.25) is 0 Å². The summed E-state index contributed by atoms with van der Waals surface area (Å²) in [5, 5.41) is 5.94. The highest BCUT2D eigenvalue weighted by molar-refractivity contribution is 5.92. The summed E-state index contributed by atoms with van der Waals surface area (Å²) in [5.41, 5.74) is 0.800. The summed E-state index contributed by atoms with van der Waals surface area (Å²) in [7, 11) is 1.51. The van der Waals surface area contributed by atoms with Crippen molar-refractivity contribution in [2.24, 2.45) is 0 Å². The molecule has 0 saturated carbocycles. The molecule has 3 heterocycles. The average Bonchev–Trinajstić information content (AvgIpc) is 3.20. The lowest BCUT2D eigenvalue weighted by Crippen LogP contribution is -2.27. The summed E-state index contributed by atoms with van der Waals surface area (Å²) in [6.07, 6.45) is -1.68. The quantitative estimate of drug-likeness (QED) is 0.701. The van der Waals surface area contributed by atoms with E-state index in [0.717, 1.165) is 0 Å². The topological polar surface area (TPSA) is 94.5 Å². The van der Waals surface area contributed by atoms with Gasteiger partial charge >= 0.3 is 12.1 Å². The van der Waals surface area contributed by atoms with E-state index in [-0.39, 0.29) is 23.0 Å². The van der Waals surface area contributed by atoms with E-state index < -0.39 is 12.1 Å². The molecular formula is C14H12F3N5O3. The number of nitrogens with zero attached hydrogens (tertiary/aromatic N) is 4. The molecule has 0 aliphatic rings. The summed E-state index contributed by atoms with van der Waals surface area (Å²) in [6, 6.07) is 2.95. The third kappa shape index (κ3) is 3.60. The highest BCUT2D eigenvalue weighted by atomic mass is 19.4. The number of carbonyl (C=O) groups excluding carboxylic acids is 1. The van der Waals surface area contributed by atoms with Crippen LogP contribution in [0.4, 0.5) is 13.2 Å². The zero-order valence-electron chi connectivity index (χ0n) is 12.9. The first-order valence-corrected chi connectivity index (χ1v) is 7.05. The molecule has 1 amide bonds. The molecule has 1 N–H and O–H groups in total. The van der Waals surface area contributed by atoms with Crippen LogP contribution in [0.25, 0.3) is 17.0 Å². The van der Waals surface area contributed by atoms with Crippen molar-refractivity contribution in [3.8, 4) is 11.4 Å². The van der Waals surface area contributed by atoms with Crippen LogP contribution in [0, 0.1) is 0 Å². The van der Waals surface area contributed by atoms with E-state index in [1.807, 2.05) is 0 Å². The van der Waals surface area contributed by atoms with Crippen molar-refractivity contribution >= 4 is 11.6 Å². The van der Waals surface area contributed by atoms with Crippen LogP contribution in [0.3, 0.4) is 0 Å². The van der Waals surface area contributed by atoms with E-state index in [0.29, 0.717) is 18.8 Å². The maximum Gasteiger partial charge on any atom is 0.471 e. The zero-order valence-corrected chi connectivity index (χ0v) is 12.9. The largest absolute Gasteiger partial charge is 0.471 e. The Labute approximate surface area is 138 Å². The number of carbonyl (C=O) groups is 1. The molecule has 132 valence electrons. The summed E-state index contributed by atoms with van der Waals surface area (Å²) in [5.74, 6) is -2.03. The fourth-order valence-electron chi connectivity index (χ4n) is 2.04. The number of alkyl halides is 3. The summed E-state index contributed by atoms with van der Waals surface area (Å²) < 4.78 is 48.2. The van der Waals surface area contributed by atoms with Gasteiger partial charge in [-0.3, -0.25) is 4.79 Å². The molecule has 0 aliphatic carbocycles. The minimum absolute atomic E-state index is 0.164. The standard InChI is InChI=1S/C14H12F3N5O3/c1-24-5-3-18-12(23)9-7-22-4-2-8(6-10(22)19-9)11-20-13(25-21-11)14(15,16)17/h2,4,6-7H,3,5H2,1H3,(H,18,23). The molecular weight excluding hydrogens is 343 g/mol. The van der Waals surface area contributed by atoms with Gasteiger partial charge in [0.1, 0.15) is 11.3 Å². The predicted octanol–water partition coefficient (Wildman–Crippen LogP) is 1.78. The second kappa shape index (κ2) is 6.51. The summed E-state index contributed by atoms with van der Waals surface area (Å²) >= 11 is 0. The molecule has 0 atom stereocenters. The lowest BCUT2D eigenvalue weighted by atomic mass is 10.2. The van der Waals surface area contributed by atoms with Crippen molar-refractivity contribution in [3.63, 3.8) is 0 Å². The molecule has 25 heavy (non-hydrogen) atoms. The minimum Gasteiger partial charge on any atom is -0.383 e. The molecule has 0 bridgehead atoms. The maximum atomic E-state index is 12.5. The first kappa shape index (κ1) is 16.9. The van der Waals surface area contributed by atoms with Gasteiger partial charge in [-0.05, 0) is 12.1 Å². The van der Waals surface area contributed by atoms with Gasteiger partial charge in [0.15, 0.2) is 0 Å². The van der Waals surface area contributed by atoms with Gasteiger partial charge in [0.05, 0.1) is 6.61 Å². The van der Waals surface area contributed by atoms with Gasteiger partial charge in [0.25, 0.3) is 5.91 Å². The SMILES string of the molecule is COCCNC(=O)c1cn2ccc(-c3noc(C(F)(F)F)n3)cc2n1. The van der Waals surface area contributed by atoms with Crippen molar-refractivity contribution in [2.75, 3.05) is 20.3 Å². The van der Waals surface area contributed by atoms with Crippen LogP contribution < -0.4 is 5.32 Å². The minimum atomic E-state index is -4.71. The van der Waals surface area contributed by atoms with Crippen LogP contribution in [0.15, 0.2) is 29.0 Å². The third-order valence-electron chi connectivity index (χ3n) is 3.21. The Hall–Kier alpha value is -2.95. The number of halogens is 3. The molecule has 0 fully saturated rings. The molecule has 0 spiro atoms. The van der Waals surface area contributed by atoms with Crippen molar-refractivity contribution in [1.82, 2.24) is 24.8 Å². The molecule has 8 nitrogen and oxygen atoms in total. The van der Waals surface area contributed by atoms with E-state index in [2.05, 4.69) is 25.0 Å². The van der Waals surface area contributed by atoms with Gasteiger partial charge in [-0.2, -0.15) is 18.2 Å². The lowest BCUT2D eigenvalue weighted by Gasteiger charge is -2.00. The Kier molecular flexibility index (Phi) is 4.40. The number of fused-ring (bicyclic) bond motifs is 1. The number of aromatic nitrogens is 4. The highest BCUT2D eigenvalue weighted by Gasteiger charge is 2.38. The van der Waals surface area contributed by atoms with Crippen LogP contribution in [0.5, 0.6) is 0 Å². The first-order valence-electron chi connectivity index (χ1n) is 7.05. The normalized spacial score (nSPS) is 11.8. The second-order valence-corrected chi connectivity index (χ2v) is 4.98. The molecule has 0 aliphatic heterocycles.